The summed E-state index contributed by atoms with van der Waals surface area (Å²) in [6, 6.07) is 14.0. The van der Waals surface area contributed by atoms with Crippen molar-refractivity contribution in [3.8, 4) is 17.0 Å². The minimum atomic E-state index is -0.298. The Balaban J connectivity index is 1.55. The summed E-state index contributed by atoms with van der Waals surface area (Å²) in [7, 11) is 3.53. The highest BCUT2D eigenvalue weighted by molar-refractivity contribution is 6.02. The number of carbonyl (C=O) groups is 1. The number of benzene rings is 2. The fraction of sp³-hybridized carbons (Fsp3) is 0.300. The zero-order valence-corrected chi connectivity index (χ0v) is 23.2. The standard InChI is InChI=1S/C30H35N7O3/c1-5-28(38)33-22-17-23(27(39-4)18-25(22)36(6-2)14-13-31-3)35-30-32-12-11-21(34-30)29-20-9-7-8-10-24(20)37-15-16-40-19-26(29)37/h5,7-12,17-18,31H,1,6,13-16,19H2,2-4H3,(H,33,38)(H,32,34,35). The molecule has 0 radical (unpaired) electrons. The number of para-hydroxylation sites is 1. The summed E-state index contributed by atoms with van der Waals surface area (Å²) in [5.74, 6) is 0.712. The number of carbonyl (C=O) groups excluding carboxylic acids is 1. The first kappa shape index (κ1) is 27.2. The number of anilines is 4. The molecule has 10 nitrogen and oxygen atoms in total. The Kier molecular flexibility index (Phi) is 8.28. The van der Waals surface area contributed by atoms with Crippen LogP contribution in [0, 0.1) is 0 Å². The first-order valence-electron chi connectivity index (χ1n) is 13.4. The van der Waals surface area contributed by atoms with Crippen LogP contribution in [0.2, 0.25) is 0 Å². The van der Waals surface area contributed by atoms with Crippen LogP contribution < -0.4 is 25.6 Å². The lowest BCUT2D eigenvalue weighted by Gasteiger charge is -2.27. The number of likely N-dealkylation sites (N-methyl/N-ethyl adjacent to an activating group) is 2. The monoisotopic (exact) mass is 541 g/mol. The quantitative estimate of drug-likeness (QED) is 0.238. The van der Waals surface area contributed by atoms with E-state index in [-0.39, 0.29) is 5.91 Å². The molecule has 4 aromatic rings. The second-order valence-corrected chi connectivity index (χ2v) is 9.38. The van der Waals surface area contributed by atoms with Crippen molar-refractivity contribution in [1.82, 2.24) is 19.9 Å². The molecule has 3 heterocycles. The van der Waals surface area contributed by atoms with Crippen LogP contribution in [0.1, 0.15) is 12.6 Å². The zero-order chi connectivity index (χ0) is 28.1. The summed E-state index contributed by atoms with van der Waals surface area (Å²) in [4.78, 5) is 23.9. The van der Waals surface area contributed by atoms with Gasteiger partial charge in [-0.15, -0.1) is 0 Å². The van der Waals surface area contributed by atoms with E-state index < -0.39 is 0 Å². The number of nitrogens with zero attached hydrogens (tertiary/aromatic N) is 4. The van der Waals surface area contributed by atoms with Gasteiger partial charge in [0.25, 0.3) is 0 Å². The molecule has 10 heteroatoms. The second kappa shape index (κ2) is 12.2. The van der Waals surface area contributed by atoms with E-state index in [0.717, 1.165) is 54.2 Å². The van der Waals surface area contributed by atoms with Crippen molar-refractivity contribution in [2.24, 2.45) is 0 Å². The highest BCUT2D eigenvalue weighted by atomic mass is 16.5. The Bertz CT molecular complexity index is 1530. The zero-order valence-electron chi connectivity index (χ0n) is 23.2. The average Bonchev–Trinajstić information content (AvgIpc) is 3.33. The molecular weight excluding hydrogens is 506 g/mol. The van der Waals surface area contributed by atoms with Crippen molar-refractivity contribution < 1.29 is 14.3 Å². The maximum Gasteiger partial charge on any atom is 0.247 e. The van der Waals surface area contributed by atoms with Crippen molar-refractivity contribution in [3.05, 3.63) is 67.0 Å². The van der Waals surface area contributed by atoms with E-state index >= 15 is 0 Å². The summed E-state index contributed by atoms with van der Waals surface area (Å²) in [6.45, 7) is 9.99. The molecule has 5 rings (SSSR count). The van der Waals surface area contributed by atoms with E-state index in [9.17, 15) is 4.79 Å². The normalized spacial score (nSPS) is 12.6. The molecule has 1 amide bonds. The van der Waals surface area contributed by atoms with E-state index in [0.29, 0.717) is 36.3 Å². The molecule has 0 atom stereocenters. The van der Waals surface area contributed by atoms with E-state index in [1.807, 2.05) is 31.3 Å². The maximum absolute atomic E-state index is 12.3. The molecular formula is C30H35N7O3. The molecule has 0 spiro atoms. The molecule has 1 aliphatic heterocycles. The molecule has 2 aromatic carbocycles. The largest absolute Gasteiger partial charge is 0.494 e. The predicted octanol–water partition coefficient (Wildman–Crippen LogP) is 4.55. The van der Waals surface area contributed by atoms with Crippen molar-refractivity contribution in [1.29, 1.82) is 0 Å². The van der Waals surface area contributed by atoms with Crippen LogP contribution >= 0.6 is 0 Å². The van der Waals surface area contributed by atoms with Crippen LogP contribution in [0.5, 0.6) is 5.75 Å². The Hall–Kier alpha value is -4.41. The van der Waals surface area contributed by atoms with Crippen LogP contribution in [-0.4, -0.2) is 60.8 Å². The van der Waals surface area contributed by atoms with Gasteiger partial charge in [0, 0.05) is 54.9 Å². The fourth-order valence-corrected chi connectivity index (χ4v) is 5.13. The number of fused-ring (bicyclic) bond motifs is 3. The number of methoxy groups -OCH3 is 1. The summed E-state index contributed by atoms with van der Waals surface area (Å²) < 4.78 is 13.9. The highest BCUT2D eigenvalue weighted by Gasteiger charge is 2.23. The first-order valence-corrected chi connectivity index (χ1v) is 13.4. The average molecular weight is 542 g/mol. The van der Waals surface area contributed by atoms with Crippen molar-refractivity contribution in [2.45, 2.75) is 20.1 Å². The van der Waals surface area contributed by atoms with Gasteiger partial charge in [0.1, 0.15) is 5.75 Å². The van der Waals surface area contributed by atoms with Gasteiger partial charge in [0.2, 0.25) is 11.9 Å². The van der Waals surface area contributed by atoms with E-state index in [1.165, 1.54) is 11.6 Å². The van der Waals surface area contributed by atoms with Crippen LogP contribution in [0.3, 0.4) is 0 Å². The fourth-order valence-electron chi connectivity index (χ4n) is 5.13. The summed E-state index contributed by atoms with van der Waals surface area (Å²) >= 11 is 0. The molecule has 0 unspecified atom stereocenters. The summed E-state index contributed by atoms with van der Waals surface area (Å²) in [5, 5.41) is 10.6. The third kappa shape index (κ3) is 5.36. The van der Waals surface area contributed by atoms with E-state index in [2.05, 4.69) is 62.1 Å². The Labute approximate surface area is 234 Å². The number of ether oxygens (including phenoxy) is 2. The van der Waals surface area contributed by atoms with Crippen molar-refractivity contribution in [2.75, 3.05) is 55.9 Å². The van der Waals surface area contributed by atoms with Crippen molar-refractivity contribution >= 4 is 39.8 Å². The predicted molar refractivity (Wildman–Crippen MR) is 160 cm³/mol. The SMILES string of the molecule is C=CC(=O)Nc1cc(Nc2nccc(-c3c4n(c5ccccc35)CCOC4)n2)c(OC)cc1N(CC)CCNC. The van der Waals surface area contributed by atoms with E-state index in [1.54, 1.807) is 13.3 Å². The summed E-state index contributed by atoms with van der Waals surface area (Å²) in [6.07, 6.45) is 3.00. The number of nitrogens with one attached hydrogen (secondary N) is 3. The lowest BCUT2D eigenvalue weighted by atomic mass is 10.1. The molecule has 3 N–H and O–H groups in total. The number of hydrogen-bond acceptors (Lipinski definition) is 8. The highest BCUT2D eigenvalue weighted by Crippen LogP contribution is 2.39. The van der Waals surface area contributed by atoms with Gasteiger partial charge in [0.15, 0.2) is 0 Å². The summed E-state index contributed by atoms with van der Waals surface area (Å²) in [5.41, 5.74) is 6.22. The van der Waals surface area contributed by atoms with Crippen LogP contribution in [0.25, 0.3) is 22.2 Å². The van der Waals surface area contributed by atoms with Gasteiger partial charge in [-0.05, 0) is 38.2 Å². The number of hydrogen-bond donors (Lipinski definition) is 3. The van der Waals surface area contributed by atoms with Crippen LogP contribution in [-0.2, 0) is 22.7 Å². The smallest absolute Gasteiger partial charge is 0.247 e. The van der Waals surface area contributed by atoms with Crippen molar-refractivity contribution in [3.63, 3.8) is 0 Å². The Morgan fingerprint density at radius 3 is 2.88 bits per heavy atom. The molecule has 0 saturated heterocycles. The third-order valence-electron chi connectivity index (χ3n) is 7.05. The number of amides is 1. The molecule has 40 heavy (non-hydrogen) atoms. The number of rotatable bonds is 11. The van der Waals surface area contributed by atoms with E-state index in [4.69, 9.17) is 14.5 Å². The van der Waals surface area contributed by atoms with Gasteiger partial charge < -0.3 is 34.9 Å². The van der Waals surface area contributed by atoms with Gasteiger partial charge in [-0.2, -0.15) is 0 Å². The Morgan fingerprint density at radius 1 is 1.25 bits per heavy atom. The first-order chi connectivity index (χ1) is 19.6. The minimum absolute atomic E-state index is 0.298. The van der Waals surface area contributed by atoms with Gasteiger partial charge in [0.05, 0.1) is 48.8 Å². The lowest BCUT2D eigenvalue weighted by molar-refractivity contribution is -0.111. The molecule has 0 saturated carbocycles. The van der Waals surface area contributed by atoms with Gasteiger partial charge in [-0.3, -0.25) is 4.79 Å². The molecule has 0 bridgehead atoms. The topological polar surface area (TPSA) is 106 Å². The van der Waals surface area contributed by atoms with Gasteiger partial charge in [-0.25, -0.2) is 9.97 Å². The molecule has 0 aliphatic carbocycles. The Morgan fingerprint density at radius 2 is 2.10 bits per heavy atom. The van der Waals surface area contributed by atoms with Crippen LogP contribution in [0.4, 0.5) is 23.0 Å². The molecule has 2 aromatic heterocycles. The van der Waals surface area contributed by atoms with Gasteiger partial charge >= 0.3 is 0 Å². The number of aromatic nitrogens is 3. The third-order valence-corrected chi connectivity index (χ3v) is 7.05. The second-order valence-electron chi connectivity index (χ2n) is 9.38. The lowest BCUT2D eigenvalue weighted by Crippen LogP contribution is -2.31. The van der Waals surface area contributed by atoms with Gasteiger partial charge in [-0.1, -0.05) is 24.8 Å². The maximum atomic E-state index is 12.3. The minimum Gasteiger partial charge on any atom is -0.494 e. The molecule has 208 valence electrons. The van der Waals surface area contributed by atoms with Crippen LogP contribution in [0.15, 0.2) is 61.3 Å². The molecule has 1 aliphatic rings. The molecule has 0 fully saturated rings.